The number of piperidine rings is 1. The number of ether oxygens (including phenoxy) is 2. The summed E-state index contributed by atoms with van der Waals surface area (Å²) in [6, 6.07) is 15.1. The fourth-order valence-corrected chi connectivity index (χ4v) is 9.24. The lowest BCUT2D eigenvalue weighted by atomic mass is 9.49. The van der Waals surface area contributed by atoms with E-state index in [2.05, 4.69) is 59.2 Å². The molecular formula is C44H51N7O7. The second kappa shape index (κ2) is 16.2. The Morgan fingerprint density at radius 2 is 1.64 bits per heavy atom. The number of imide groups is 2. The number of nitriles is 1. The number of amides is 5. The van der Waals surface area contributed by atoms with Gasteiger partial charge in [0.15, 0.2) is 0 Å². The van der Waals surface area contributed by atoms with Crippen LogP contribution in [0.15, 0.2) is 54.7 Å². The van der Waals surface area contributed by atoms with E-state index in [1.807, 2.05) is 31.2 Å². The number of nitrogens with one attached hydrogen (secondary N) is 2. The van der Waals surface area contributed by atoms with E-state index in [1.165, 1.54) is 0 Å². The summed E-state index contributed by atoms with van der Waals surface area (Å²) in [6.45, 7) is 15.3. The first-order valence-electron chi connectivity index (χ1n) is 20.1. The molecule has 1 atom stereocenters. The maximum atomic E-state index is 13.4. The largest absolute Gasteiger partial charge is 0.494 e. The van der Waals surface area contributed by atoms with Crippen molar-refractivity contribution in [2.24, 2.45) is 10.8 Å². The van der Waals surface area contributed by atoms with E-state index in [0.717, 1.165) is 68.3 Å². The molecular weight excluding hydrogens is 739 g/mol. The van der Waals surface area contributed by atoms with Crippen LogP contribution in [0, 0.1) is 29.1 Å². The van der Waals surface area contributed by atoms with Crippen LogP contribution in [-0.4, -0.2) is 102 Å². The van der Waals surface area contributed by atoms with E-state index in [0.29, 0.717) is 29.2 Å². The first-order chi connectivity index (χ1) is 27.7. The Labute approximate surface area is 338 Å². The van der Waals surface area contributed by atoms with Crippen LogP contribution in [-0.2, 0) is 9.59 Å². The quantitative estimate of drug-likeness (QED) is 0.182. The third kappa shape index (κ3) is 7.87. The maximum absolute atomic E-state index is 13.4. The van der Waals surface area contributed by atoms with E-state index in [-0.39, 0.29) is 52.9 Å². The van der Waals surface area contributed by atoms with Crippen molar-refractivity contribution in [1.29, 1.82) is 5.26 Å². The molecule has 1 aromatic heterocycles. The van der Waals surface area contributed by atoms with Crippen LogP contribution in [0.5, 0.6) is 11.5 Å². The van der Waals surface area contributed by atoms with Gasteiger partial charge in [-0.15, -0.1) is 0 Å². The maximum Gasteiger partial charge on any atom is 0.262 e. The average Bonchev–Trinajstić information content (AvgIpc) is 3.45. The van der Waals surface area contributed by atoms with Gasteiger partial charge in [0.2, 0.25) is 11.8 Å². The van der Waals surface area contributed by atoms with Gasteiger partial charge in [0.25, 0.3) is 17.7 Å². The molecule has 2 saturated heterocycles. The summed E-state index contributed by atoms with van der Waals surface area (Å²) in [5.41, 5.74) is 1.79. The molecule has 2 N–H and O–H groups in total. The Morgan fingerprint density at radius 1 is 0.914 bits per heavy atom. The lowest BCUT2D eigenvalue weighted by Gasteiger charge is -2.63. The number of nitrogens with zero attached hydrogens (tertiary/aromatic N) is 5. The van der Waals surface area contributed by atoms with E-state index in [1.54, 1.807) is 30.5 Å². The number of fused-ring (bicyclic) bond motifs is 1. The van der Waals surface area contributed by atoms with Crippen molar-refractivity contribution in [2.75, 3.05) is 44.2 Å². The van der Waals surface area contributed by atoms with Crippen molar-refractivity contribution >= 4 is 35.4 Å². The van der Waals surface area contributed by atoms with Crippen LogP contribution in [0.2, 0.25) is 0 Å². The van der Waals surface area contributed by atoms with Crippen LogP contribution in [0.4, 0.5) is 5.82 Å². The van der Waals surface area contributed by atoms with E-state index >= 15 is 0 Å². The molecule has 4 aliphatic rings. The summed E-state index contributed by atoms with van der Waals surface area (Å²) in [7, 11) is 0. The number of benzene rings is 2. The van der Waals surface area contributed by atoms with Crippen LogP contribution in [0.25, 0.3) is 0 Å². The number of aryl methyl sites for hydroxylation is 1. The van der Waals surface area contributed by atoms with E-state index in [9.17, 15) is 29.2 Å². The molecule has 1 aliphatic carbocycles. The number of anilines is 1. The predicted octanol–water partition coefficient (Wildman–Crippen LogP) is 4.65. The molecule has 304 valence electrons. The van der Waals surface area contributed by atoms with Crippen molar-refractivity contribution in [3.63, 3.8) is 0 Å². The van der Waals surface area contributed by atoms with Gasteiger partial charge >= 0.3 is 0 Å². The number of hydrogen-bond donors (Lipinski definition) is 2. The number of rotatable bonds is 13. The van der Waals surface area contributed by atoms with Crippen LogP contribution >= 0.6 is 0 Å². The Morgan fingerprint density at radius 3 is 2.31 bits per heavy atom. The van der Waals surface area contributed by atoms with Gasteiger partial charge in [-0.05, 0) is 93.2 Å². The second-order valence-electron chi connectivity index (χ2n) is 16.9. The van der Waals surface area contributed by atoms with Crippen LogP contribution < -0.4 is 25.0 Å². The molecule has 3 aromatic rings. The molecule has 0 spiro atoms. The van der Waals surface area contributed by atoms with Crippen molar-refractivity contribution in [3.8, 4) is 17.6 Å². The van der Waals surface area contributed by atoms with Gasteiger partial charge in [-0.1, -0.05) is 27.7 Å². The molecule has 1 saturated carbocycles. The molecule has 7 rings (SSSR count). The molecule has 3 aliphatic heterocycles. The van der Waals surface area contributed by atoms with Crippen molar-refractivity contribution in [3.05, 3.63) is 82.5 Å². The highest BCUT2D eigenvalue weighted by Crippen LogP contribution is 2.55. The number of hydrogen-bond acceptors (Lipinski definition) is 11. The van der Waals surface area contributed by atoms with Crippen molar-refractivity contribution in [1.82, 2.24) is 25.4 Å². The topological polar surface area (TPSA) is 174 Å². The zero-order chi connectivity index (χ0) is 41.4. The Bertz CT molecular complexity index is 2140. The van der Waals surface area contributed by atoms with E-state index < -0.39 is 29.7 Å². The summed E-state index contributed by atoms with van der Waals surface area (Å²) < 4.78 is 12.4. The third-order valence-electron chi connectivity index (χ3n) is 12.2. The number of unbranched alkanes of at least 4 members (excludes halogenated alkanes) is 2. The summed E-state index contributed by atoms with van der Waals surface area (Å²) in [4.78, 5) is 73.6. The first kappa shape index (κ1) is 40.4. The van der Waals surface area contributed by atoms with Gasteiger partial charge in [-0.3, -0.25) is 39.1 Å². The fraction of sp³-hybridized carbons (Fsp3) is 0.477. The minimum atomic E-state index is -0.997. The van der Waals surface area contributed by atoms with Crippen molar-refractivity contribution < 1.29 is 33.4 Å². The van der Waals surface area contributed by atoms with Gasteiger partial charge in [0, 0.05) is 55.7 Å². The molecule has 1 unspecified atom stereocenters. The van der Waals surface area contributed by atoms with Gasteiger partial charge in [0.1, 0.15) is 29.5 Å². The highest BCUT2D eigenvalue weighted by Gasteiger charge is 2.64. The third-order valence-corrected chi connectivity index (χ3v) is 12.2. The number of carbonyl (C=O) groups is 5. The zero-order valence-corrected chi connectivity index (χ0v) is 33.8. The smallest absolute Gasteiger partial charge is 0.262 e. The molecule has 14 heteroatoms. The monoisotopic (exact) mass is 789 g/mol. The number of aromatic nitrogens is 1. The average molecular weight is 790 g/mol. The van der Waals surface area contributed by atoms with Gasteiger partial charge in [0.05, 0.1) is 34.9 Å². The summed E-state index contributed by atoms with van der Waals surface area (Å²) in [5.74, 6) is -0.228. The Hall–Kier alpha value is -5.81. The van der Waals surface area contributed by atoms with Crippen LogP contribution in [0.3, 0.4) is 0 Å². The summed E-state index contributed by atoms with van der Waals surface area (Å²) >= 11 is 0. The first-order valence-corrected chi connectivity index (χ1v) is 20.1. The predicted molar refractivity (Wildman–Crippen MR) is 214 cm³/mol. The molecule has 14 nitrogen and oxygen atoms in total. The molecule has 0 bridgehead atoms. The van der Waals surface area contributed by atoms with Gasteiger partial charge < -0.3 is 19.7 Å². The molecule has 0 radical (unpaired) electrons. The zero-order valence-electron chi connectivity index (χ0n) is 33.8. The Kier molecular flexibility index (Phi) is 11.3. The molecule has 3 fully saturated rings. The normalized spacial score (nSPS) is 22.4. The van der Waals surface area contributed by atoms with Crippen molar-refractivity contribution in [2.45, 2.75) is 84.9 Å². The van der Waals surface area contributed by atoms with Gasteiger partial charge in [-0.2, -0.15) is 5.26 Å². The lowest BCUT2D eigenvalue weighted by molar-refractivity contribution is -0.164. The minimum Gasteiger partial charge on any atom is -0.494 e. The molecule has 2 aromatic carbocycles. The molecule has 58 heavy (non-hydrogen) atoms. The van der Waals surface area contributed by atoms with E-state index in [4.69, 9.17) is 9.47 Å². The van der Waals surface area contributed by atoms with Crippen LogP contribution in [0.1, 0.15) is 102 Å². The summed E-state index contributed by atoms with van der Waals surface area (Å²) in [6.07, 6.45) is 4.52. The highest BCUT2D eigenvalue weighted by atomic mass is 16.5. The second-order valence-corrected chi connectivity index (χ2v) is 16.9. The fourth-order valence-electron chi connectivity index (χ4n) is 9.24. The number of carbonyl (C=O) groups excluding carboxylic acids is 5. The van der Waals surface area contributed by atoms with Gasteiger partial charge in [-0.25, -0.2) is 4.98 Å². The molecule has 5 amide bonds. The standard InChI is InChI=1S/C44H51N7O7/c1-27-23-31(11-9-28(27)25-45)58-42-43(2,3)41(44(42,4)5)48-37(53)29-10-15-35(46-26-29)50-20-18-49(19-21-50)17-7-6-8-22-57-30-12-13-32-33(24-30)40(56)51(39(32)55)34-14-16-36(52)47-38(34)54/h9-13,15,23-24,26,34,41-42H,6-8,14,16-22H2,1-5H3,(H,48,53)(H,47,52,54). The Balaban J connectivity index is 0.807. The minimum absolute atomic E-state index is 0.0743. The molecule has 4 heterocycles. The SMILES string of the molecule is Cc1cc(OC2C(C)(C)C(NC(=O)c3ccc(N4CCN(CCCCCOc5ccc6c(c5)C(=O)N(C5CCC(=O)NC5=O)C6=O)CC4)nc3)C2(C)C)ccc1C#N. The number of pyridine rings is 1. The lowest BCUT2D eigenvalue weighted by Crippen LogP contribution is -2.74. The highest BCUT2D eigenvalue weighted by molar-refractivity contribution is 6.23. The summed E-state index contributed by atoms with van der Waals surface area (Å²) in [5, 5.41) is 14.7. The number of piperazine rings is 1.